The summed E-state index contributed by atoms with van der Waals surface area (Å²) in [5, 5.41) is 1.33. The van der Waals surface area contributed by atoms with Gasteiger partial charge in [-0.05, 0) is 17.2 Å². The van der Waals surface area contributed by atoms with Crippen molar-refractivity contribution in [1.29, 1.82) is 0 Å². The van der Waals surface area contributed by atoms with Gasteiger partial charge in [0.2, 0.25) is 0 Å². The van der Waals surface area contributed by atoms with E-state index in [1.54, 1.807) is 0 Å². The lowest BCUT2D eigenvalue weighted by molar-refractivity contribution is 0.137. The highest BCUT2D eigenvalue weighted by Gasteiger charge is 2.17. The Morgan fingerprint density at radius 3 is 2.29 bits per heavy atom. The Hall–Kier alpha value is -1.32. The second-order valence-electron chi connectivity index (χ2n) is 6.10. The van der Waals surface area contributed by atoms with Crippen molar-refractivity contribution in [3.8, 4) is 0 Å². The maximum atomic E-state index is 6.29. The Morgan fingerprint density at radius 2 is 1.54 bits per heavy atom. The Morgan fingerprint density at radius 1 is 0.833 bits per heavy atom. The van der Waals surface area contributed by atoms with Crippen LogP contribution in [-0.2, 0) is 6.54 Å². The van der Waals surface area contributed by atoms with Crippen molar-refractivity contribution >= 4 is 29.3 Å². The Labute approximate surface area is 154 Å². The monoisotopic (exact) mass is 360 g/mol. The third kappa shape index (κ3) is 4.84. The molecule has 0 amide bonds. The van der Waals surface area contributed by atoms with Gasteiger partial charge in [0.05, 0.1) is 10.0 Å². The number of hydrogen-bond acceptors (Lipinski definition) is 2. The molecule has 2 aromatic rings. The van der Waals surface area contributed by atoms with Gasteiger partial charge >= 0.3 is 0 Å². The molecule has 2 aromatic carbocycles. The summed E-state index contributed by atoms with van der Waals surface area (Å²) in [5.74, 6) is 0. The normalized spacial score (nSPS) is 16.8. The van der Waals surface area contributed by atoms with Crippen LogP contribution in [0.15, 0.2) is 54.6 Å². The summed E-state index contributed by atoms with van der Waals surface area (Å²) in [4.78, 5) is 4.92. The van der Waals surface area contributed by atoms with Crippen LogP contribution in [0, 0.1) is 0 Å². The molecule has 1 fully saturated rings. The summed E-state index contributed by atoms with van der Waals surface area (Å²) < 4.78 is 0. The standard InChI is InChI=1S/C20H22Cl2N2/c21-19-10-4-9-18(20(19)22)16-24-14-12-23(13-15-24)11-5-8-17-6-2-1-3-7-17/h1-10H,11-16H2/b8-5+. The first-order valence-electron chi connectivity index (χ1n) is 8.31. The van der Waals surface area contributed by atoms with Gasteiger partial charge in [0.25, 0.3) is 0 Å². The highest BCUT2D eigenvalue weighted by atomic mass is 35.5. The van der Waals surface area contributed by atoms with Gasteiger partial charge in [0, 0.05) is 39.3 Å². The largest absolute Gasteiger partial charge is 0.297 e. The quantitative estimate of drug-likeness (QED) is 0.753. The molecule has 2 nitrogen and oxygen atoms in total. The van der Waals surface area contributed by atoms with Crippen molar-refractivity contribution in [3.63, 3.8) is 0 Å². The van der Waals surface area contributed by atoms with Gasteiger partial charge in [0.1, 0.15) is 0 Å². The van der Waals surface area contributed by atoms with Gasteiger partial charge < -0.3 is 0 Å². The predicted octanol–water partition coefficient (Wildman–Crippen LogP) is 4.82. The second kappa shape index (κ2) is 8.68. The fraction of sp³-hybridized carbons (Fsp3) is 0.300. The van der Waals surface area contributed by atoms with Crippen LogP contribution in [0.5, 0.6) is 0 Å². The molecule has 0 atom stereocenters. The predicted molar refractivity (Wildman–Crippen MR) is 104 cm³/mol. The van der Waals surface area contributed by atoms with Crippen molar-refractivity contribution in [3.05, 3.63) is 75.8 Å². The summed E-state index contributed by atoms with van der Waals surface area (Å²) >= 11 is 12.4. The molecule has 1 aliphatic heterocycles. The fourth-order valence-corrected chi connectivity index (χ4v) is 3.32. The van der Waals surface area contributed by atoms with Crippen LogP contribution in [-0.4, -0.2) is 42.5 Å². The summed E-state index contributed by atoms with van der Waals surface area (Å²) in [6, 6.07) is 16.3. The average molecular weight is 361 g/mol. The molecule has 3 rings (SSSR count). The van der Waals surface area contributed by atoms with Gasteiger partial charge in [-0.1, -0.05) is 77.8 Å². The number of nitrogens with zero attached hydrogens (tertiary/aromatic N) is 2. The van der Waals surface area contributed by atoms with Crippen LogP contribution in [0.1, 0.15) is 11.1 Å². The van der Waals surface area contributed by atoms with Gasteiger partial charge in [-0.15, -0.1) is 0 Å². The molecule has 1 aliphatic rings. The molecule has 0 aliphatic carbocycles. The van der Waals surface area contributed by atoms with Crippen molar-refractivity contribution < 1.29 is 0 Å². The molecule has 126 valence electrons. The third-order valence-electron chi connectivity index (χ3n) is 4.36. The fourth-order valence-electron chi connectivity index (χ4n) is 2.94. The zero-order chi connectivity index (χ0) is 16.8. The molecule has 0 N–H and O–H groups in total. The SMILES string of the molecule is Clc1cccc(CN2CCN(C/C=C/c3ccccc3)CC2)c1Cl. The number of benzene rings is 2. The van der Waals surface area contributed by atoms with Crippen LogP contribution in [0.25, 0.3) is 6.08 Å². The Kier molecular flexibility index (Phi) is 6.33. The molecule has 0 bridgehead atoms. The molecular weight excluding hydrogens is 339 g/mol. The maximum absolute atomic E-state index is 6.29. The lowest BCUT2D eigenvalue weighted by Gasteiger charge is -2.34. The van der Waals surface area contributed by atoms with Crippen LogP contribution in [0.2, 0.25) is 10.0 Å². The average Bonchev–Trinajstić information content (AvgIpc) is 2.61. The van der Waals surface area contributed by atoms with E-state index in [0.717, 1.165) is 44.8 Å². The molecule has 24 heavy (non-hydrogen) atoms. The molecular formula is C20H22Cl2N2. The van der Waals surface area contributed by atoms with E-state index in [-0.39, 0.29) is 0 Å². The minimum atomic E-state index is 0.638. The van der Waals surface area contributed by atoms with E-state index in [2.05, 4.69) is 52.3 Å². The lowest BCUT2D eigenvalue weighted by atomic mass is 10.2. The van der Waals surface area contributed by atoms with Crippen LogP contribution in [0.3, 0.4) is 0 Å². The second-order valence-corrected chi connectivity index (χ2v) is 6.89. The van der Waals surface area contributed by atoms with Gasteiger partial charge in [-0.25, -0.2) is 0 Å². The van der Waals surface area contributed by atoms with Gasteiger partial charge in [-0.3, -0.25) is 9.80 Å². The van der Waals surface area contributed by atoms with Crippen molar-refractivity contribution in [1.82, 2.24) is 9.80 Å². The van der Waals surface area contributed by atoms with Crippen LogP contribution in [0.4, 0.5) is 0 Å². The summed E-state index contributed by atoms with van der Waals surface area (Å²) in [6.07, 6.45) is 4.44. The van der Waals surface area contributed by atoms with Crippen molar-refractivity contribution in [2.24, 2.45) is 0 Å². The van der Waals surface area contributed by atoms with Crippen LogP contribution < -0.4 is 0 Å². The van der Waals surface area contributed by atoms with Crippen molar-refractivity contribution in [2.75, 3.05) is 32.7 Å². The Balaban J connectivity index is 1.46. The van der Waals surface area contributed by atoms with Gasteiger partial charge in [-0.2, -0.15) is 0 Å². The summed E-state index contributed by atoms with van der Waals surface area (Å²) in [5.41, 5.74) is 2.37. The molecule has 1 heterocycles. The smallest absolute Gasteiger partial charge is 0.0637 e. The summed E-state index contributed by atoms with van der Waals surface area (Å²) in [7, 11) is 0. The molecule has 0 spiro atoms. The molecule has 0 radical (unpaired) electrons. The zero-order valence-electron chi connectivity index (χ0n) is 13.7. The van der Waals surface area contributed by atoms with E-state index < -0.39 is 0 Å². The van der Waals surface area contributed by atoms with E-state index in [1.165, 1.54) is 5.56 Å². The Bertz CT molecular complexity index is 677. The van der Waals surface area contributed by atoms with Crippen LogP contribution >= 0.6 is 23.2 Å². The molecule has 0 aromatic heterocycles. The molecule has 0 unspecified atom stereocenters. The number of halogens is 2. The minimum absolute atomic E-state index is 0.638. The van der Waals surface area contributed by atoms with E-state index in [1.807, 2.05) is 18.2 Å². The number of hydrogen-bond donors (Lipinski definition) is 0. The zero-order valence-corrected chi connectivity index (χ0v) is 15.2. The van der Waals surface area contributed by atoms with Gasteiger partial charge in [0.15, 0.2) is 0 Å². The van der Waals surface area contributed by atoms with E-state index in [4.69, 9.17) is 23.2 Å². The number of rotatable bonds is 5. The highest BCUT2D eigenvalue weighted by molar-refractivity contribution is 6.42. The first-order chi connectivity index (χ1) is 11.7. The summed E-state index contributed by atoms with van der Waals surface area (Å²) in [6.45, 7) is 6.15. The highest BCUT2D eigenvalue weighted by Crippen LogP contribution is 2.26. The molecule has 0 saturated carbocycles. The number of piperazine rings is 1. The topological polar surface area (TPSA) is 6.48 Å². The maximum Gasteiger partial charge on any atom is 0.0637 e. The molecule has 1 saturated heterocycles. The van der Waals surface area contributed by atoms with E-state index in [0.29, 0.717) is 10.0 Å². The molecule has 4 heteroatoms. The van der Waals surface area contributed by atoms with Crippen molar-refractivity contribution in [2.45, 2.75) is 6.54 Å². The lowest BCUT2D eigenvalue weighted by Crippen LogP contribution is -2.45. The third-order valence-corrected chi connectivity index (χ3v) is 5.22. The first kappa shape index (κ1) is 17.5. The minimum Gasteiger partial charge on any atom is -0.297 e. The van der Waals surface area contributed by atoms with E-state index >= 15 is 0 Å². The first-order valence-corrected chi connectivity index (χ1v) is 9.07. The van der Waals surface area contributed by atoms with E-state index in [9.17, 15) is 0 Å².